The van der Waals surface area contributed by atoms with E-state index in [4.69, 9.17) is 0 Å². The molecular weight excluding hydrogens is 340 g/mol. The standard InChI is InChI=1S/C15H20Br2/c1-9-7-12(16)10(2)14-11(9)5-6-15(3,4)8-13(14)17/h7,13H,5-6,8H2,1-4H3. The Morgan fingerprint density at radius 1 is 1.29 bits per heavy atom. The first-order valence-corrected chi connectivity index (χ1v) is 7.95. The highest BCUT2D eigenvalue weighted by molar-refractivity contribution is 9.10. The number of hydrogen-bond donors (Lipinski definition) is 0. The average molecular weight is 360 g/mol. The van der Waals surface area contributed by atoms with Crippen molar-refractivity contribution in [2.24, 2.45) is 5.41 Å². The molecule has 17 heavy (non-hydrogen) atoms. The molecule has 0 N–H and O–H groups in total. The molecule has 0 amide bonds. The molecule has 0 heterocycles. The summed E-state index contributed by atoms with van der Waals surface area (Å²) in [5.41, 5.74) is 6.36. The second-order valence-electron chi connectivity index (χ2n) is 6.03. The lowest BCUT2D eigenvalue weighted by Crippen LogP contribution is -2.11. The van der Waals surface area contributed by atoms with Crippen molar-refractivity contribution in [3.8, 4) is 0 Å². The third-order valence-electron chi connectivity index (χ3n) is 4.00. The van der Waals surface area contributed by atoms with Gasteiger partial charge in [-0.2, -0.15) is 0 Å². The summed E-state index contributed by atoms with van der Waals surface area (Å²) in [7, 11) is 0. The van der Waals surface area contributed by atoms with Crippen molar-refractivity contribution in [3.63, 3.8) is 0 Å². The Bertz CT molecular complexity index is 447. The summed E-state index contributed by atoms with van der Waals surface area (Å²) in [6.45, 7) is 9.23. The van der Waals surface area contributed by atoms with Crippen molar-refractivity contribution >= 4 is 31.9 Å². The van der Waals surface area contributed by atoms with Crippen LogP contribution in [-0.2, 0) is 6.42 Å². The summed E-state index contributed by atoms with van der Waals surface area (Å²) in [6.07, 6.45) is 3.71. The van der Waals surface area contributed by atoms with Gasteiger partial charge in [0, 0.05) is 9.30 Å². The summed E-state index contributed by atoms with van der Waals surface area (Å²) < 4.78 is 1.25. The molecule has 1 aliphatic rings. The number of alkyl halides is 1. The molecule has 0 radical (unpaired) electrons. The Labute approximate surface area is 121 Å². The fraction of sp³-hybridized carbons (Fsp3) is 0.600. The van der Waals surface area contributed by atoms with E-state index in [0.29, 0.717) is 10.2 Å². The molecule has 0 nitrogen and oxygen atoms in total. The zero-order valence-corrected chi connectivity index (χ0v) is 14.2. The van der Waals surface area contributed by atoms with Gasteiger partial charge in [-0.1, -0.05) is 45.7 Å². The first-order chi connectivity index (χ1) is 7.82. The summed E-state index contributed by atoms with van der Waals surface area (Å²) >= 11 is 7.60. The van der Waals surface area contributed by atoms with Crippen LogP contribution in [0.4, 0.5) is 0 Å². The first-order valence-electron chi connectivity index (χ1n) is 6.24. The molecule has 0 spiro atoms. The van der Waals surface area contributed by atoms with Gasteiger partial charge in [0.1, 0.15) is 0 Å². The maximum absolute atomic E-state index is 3.91. The van der Waals surface area contributed by atoms with Crippen molar-refractivity contribution in [2.75, 3.05) is 0 Å². The number of benzene rings is 1. The highest BCUT2D eigenvalue weighted by Gasteiger charge is 2.30. The van der Waals surface area contributed by atoms with Crippen LogP contribution in [-0.4, -0.2) is 0 Å². The highest BCUT2D eigenvalue weighted by atomic mass is 79.9. The topological polar surface area (TPSA) is 0 Å². The molecule has 0 bridgehead atoms. The average Bonchev–Trinajstić information content (AvgIpc) is 2.31. The lowest BCUT2D eigenvalue weighted by atomic mass is 9.84. The van der Waals surface area contributed by atoms with Crippen LogP contribution in [0.25, 0.3) is 0 Å². The third-order valence-corrected chi connectivity index (χ3v) is 5.61. The van der Waals surface area contributed by atoms with Gasteiger partial charge in [0.15, 0.2) is 0 Å². The van der Waals surface area contributed by atoms with Crippen LogP contribution in [0.15, 0.2) is 10.5 Å². The van der Waals surface area contributed by atoms with Gasteiger partial charge in [0.2, 0.25) is 0 Å². The van der Waals surface area contributed by atoms with Crippen molar-refractivity contribution in [1.29, 1.82) is 0 Å². The summed E-state index contributed by atoms with van der Waals surface area (Å²) in [6, 6.07) is 2.27. The number of fused-ring (bicyclic) bond motifs is 1. The normalized spacial score (nSPS) is 23.1. The number of halogens is 2. The molecule has 0 aromatic heterocycles. The van der Waals surface area contributed by atoms with Crippen LogP contribution < -0.4 is 0 Å². The summed E-state index contributed by atoms with van der Waals surface area (Å²) in [4.78, 5) is 0.492. The van der Waals surface area contributed by atoms with E-state index in [0.717, 1.165) is 0 Å². The van der Waals surface area contributed by atoms with Gasteiger partial charge >= 0.3 is 0 Å². The molecule has 0 fully saturated rings. The van der Waals surface area contributed by atoms with Gasteiger partial charge in [-0.25, -0.2) is 0 Å². The molecule has 2 rings (SSSR count). The second kappa shape index (κ2) is 4.70. The first kappa shape index (κ1) is 13.6. The van der Waals surface area contributed by atoms with E-state index >= 15 is 0 Å². The van der Waals surface area contributed by atoms with Crippen LogP contribution in [0.5, 0.6) is 0 Å². The Hall–Kier alpha value is 0.180. The Kier molecular flexibility index (Phi) is 3.76. The minimum Gasteiger partial charge on any atom is -0.0838 e. The minimum atomic E-state index is 0.429. The van der Waals surface area contributed by atoms with Crippen LogP contribution in [0.2, 0.25) is 0 Å². The Morgan fingerprint density at radius 3 is 2.59 bits per heavy atom. The Morgan fingerprint density at radius 2 is 1.94 bits per heavy atom. The molecule has 1 atom stereocenters. The van der Waals surface area contributed by atoms with Crippen molar-refractivity contribution in [2.45, 2.75) is 51.8 Å². The quantitative estimate of drug-likeness (QED) is 0.401. The maximum atomic E-state index is 3.91. The predicted molar refractivity (Wildman–Crippen MR) is 82.0 cm³/mol. The third kappa shape index (κ3) is 2.63. The molecule has 0 aliphatic heterocycles. The van der Waals surface area contributed by atoms with Gasteiger partial charge in [0.25, 0.3) is 0 Å². The van der Waals surface area contributed by atoms with E-state index in [1.165, 1.54) is 40.4 Å². The number of aryl methyl sites for hydroxylation is 1. The van der Waals surface area contributed by atoms with Gasteiger partial charge in [-0.05, 0) is 66.8 Å². The fourth-order valence-corrected chi connectivity index (χ4v) is 4.91. The van der Waals surface area contributed by atoms with Crippen LogP contribution >= 0.6 is 31.9 Å². The lowest BCUT2D eigenvalue weighted by molar-refractivity contribution is 0.316. The largest absolute Gasteiger partial charge is 0.0838 e. The van der Waals surface area contributed by atoms with E-state index in [9.17, 15) is 0 Å². The van der Waals surface area contributed by atoms with Crippen LogP contribution in [0.3, 0.4) is 0 Å². The van der Waals surface area contributed by atoms with Crippen LogP contribution in [0.1, 0.15) is 53.8 Å². The van der Waals surface area contributed by atoms with E-state index in [2.05, 4.69) is 65.6 Å². The predicted octanol–water partition coefficient (Wildman–Crippen LogP) is 5.86. The SMILES string of the molecule is Cc1cc(Br)c(C)c2c1CCC(C)(C)CC2Br. The smallest absolute Gasteiger partial charge is 0.0406 e. The van der Waals surface area contributed by atoms with Crippen molar-refractivity contribution in [1.82, 2.24) is 0 Å². The van der Waals surface area contributed by atoms with E-state index in [-0.39, 0.29) is 0 Å². The molecular formula is C15H20Br2. The molecule has 94 valence electrons. The maximum Gasteiger partial charge on any atom is 0.0406 e. The number of hydrogen-bond acceptors (Lipinski definition) is 0. The highest BCUT2D eigenvalue weighted by Crippen LogP contribution is 2.46. The molecule has 0 saturated heterocycles. The van der Waals surface area contributed by atoms with Crippen LogP contribution in [0, 0.1) is 19.3 Å². The summed E-state index contributed by atoms with van der Waals surface area (Å²) in [5, 5.41) is 0. The fourth-order valence-electron chi connectivity index (χ4n) is 2.86. The number of rotatable bonds is 0. The molecule has 0 saturated carbocycles. The van der Waals surface area contributed by atoms with E-state index in [1.807, 2.05) is 0 Å². The van der Waals surface area contributed by atoms with Gasteiger partial charge in [0.05, 0.1) is 0 Å². The van der Waals surface area contributed by atoms with Gasteiger partial charge in [-0.15, -0.1) is 0 Å². The molecule has 1 aliphatic carbocycles. The monoisotopic (exact) mass is 358 g/mol. The molecule has 1 aromatic rings. The summed E-state index contributed by atoms with van der Waals surface area (Å²) in [5.74, 6) is 0. The van der Waals surface area contributed by atoms with Gasteiger partial charge in [-0.3, -0.25) is 0 Å². The molecule has 2 heteroatoms. The van der Waals surface area contributed by atoms with Gasteiger partial charge < -0.3 is 0 Å². The molecule has 1 unspecified atom stereocenters. The second-order valence-corrected chi connectivity index (χ2v) is 7.99. The molecule has 1 aromatic carbocycles. The zero-order valence-electron chi connectivity index (χ0n) is 11.0. The van der Waals surface area contributed by atoms with Crippen molar-refractivity contribution in [3.05, 3.63) is 32.8 Å². The van der Waals surface area contributed by atoms with E-state index < -0.39 is 0 Å². The van der Waals surface area contributed by atoms with E-state index in [1.54, 1.807) is 5.56 Å². The van der Waals surface area contributed by atoms with Crippen molar-refractivity contribution < 1.29 is 0 Å². The lowest BCUT2D eigenvalue weighted by Gasteiger charge is -2.24. The Balaban J connectivity index is 2.59. The zero-order chi connectivity index (χ0) is 12.8. The minimum absolute atomic E-state index is 0.429.